The van der Waals surface area contributed by atoms with Crippen molar-refractivity contribution in [2.75, 3.05) is 14.7 Å². The van der Waals surface area contributed by atoms with E-state index in [0.717, 1.165) is 52.7 Å². The minimum atomic E-state index is -4.47. The van der Waals surface area contributed by atoms with Crippen LogP contribution < -0.4 is 30.4 Å². The van der Waals surface area contributed by atoms with Gasteiger partial charge in [-0.1, -0.05) is 145 Å². The van der Waals surface area contributed by atoms with Crippen molar-refractivity contribution in [1.29, 1.82) is 0 Å². The molecular formula is C65H67BF3N3S. The molecule has 0 fully saturated rings. The van der Waals surface area contributed by atoms with Crippen LogP contribution in [0.3, 0.4) is 0 Å². The Balaban J connectivity index is 1.29. The molecule has 0 spiro atoms. The average molecular weight is 990 g/mol. The minimum absolute atomic E-state index is 0.0140. The van der Waals surface area contributed by atoms with Crippen LogP contribution in [0.4, 0.5) is 64.4 Å². The molecule has 2 aliphatic heterocycles. The summed E-state index contributed by atoms with van der Waals surface area (Å²) in [7, 11) is 0. The molecule has 0 radical (unpaired) electrons. The maximum atomic E-state index is 14.3. The van der Waals surface area contributed by atoms with Crippen LogP contribution in [0.2, 0.25) is 0 Å². The molecule has 372 valence electrons. The second kappa shape index (κ2) is 16.6. The quantitative estimate of drug-likeness (QED) is 0.159. The van der Waals surface area contributed by atoms with Gasteiger partial charge in [-0.2, -0.15) is 13.2 Å². The van der Waals surface area contributed by atoms with E-state index in [-0.39, 0.29) is 33.8 Å². The number of halogens is 3. The van der Waals surface area contributed by atoms with Gasteiger partial charge in [0.25, 0.3) is 6.71 Å². The van der Waals surface area contributed by atoms with Crippen LogP contribution in [0, 0.1) is 0 Å². The molecule has 0 saturated carbocycles. The van der Waals surface area contributed by atoms with Crippen LogP contribution in [-0.4, -0.2) is 6.71 Å². The van der Waals surface area contributed by atoms with E-state index in [1.807, 2.05) is 41.7 Å². The normalized spacial score (nSPS) is 16.0. The Bertz CT molecular complexity index is 3440. The standard InChI is InChI=1S/C65H67BF3N3S/c1-60(2,3)40-19-26-46(27-20-40)71-53-32-25-43(62(7,8)9)35-52(53)66-57-54(71)36-48(70(44-17-15-14-16-18-44)45-30-23-42(24-31-45)65(67,68)69)37-55(57)72(47-28-21-41(22-29-47)61(4,5)6)58-49-38-50-51(39-56(49)73-59(58)66)64(12,13)34-33-63(50,10)11/h14-32,35-39H,33-34H2,1-13H3. The number of anilines is 9. The van der Waals surface area contributed by atoms with Crippen molar-refractivity contribution in [1.82, 2.24) is 0 Å². The zero-order valence-electron chi connectivity index (χ0n) is 44.7. The Labute approximate surface area is 435 Å². The van der Waals surface area contributed by atoms with Gasteiger partial charge in [0, 0.05) is 54.7 Å². The van der Waals surface area contributed by atoms with Crippen molar-refractivity contribution in [3.8, 4) is 0 Å². The number of fused-ring (bicyclic) bond motifs is 7. The highest BCUT2D eigenvalue weighted by atomic mass is 32.1. The zero-order valence-corrected chi connectivity index (χ0v) is 45.5. The Morgan fingerprint density at radius 1 is 0.493 bits per heavy atom. The van der Waals surface area contributed by atoms with Gasteiger partial charge in [0.15, 0.2) is 0 Å². The van der Waals surface area contributed by atoms with Crippen LogP contribution >= 0.6 is 11.3 Å². The highest BCUT2D eigenvalue weighted by molar-refractivity contribution is 7.33. The number of para-hydroxylation sites is 1. The first-order chi connectivity index (χ1) is 34.2. The second-order valence-corrected chi connectivity index (χ2v) is 26.4. The molecule has 7 aromatic carbocycles. The van der Waals surface area contributed by atoms with Gasteiger partial charge >= 0.3 is 6.18 Å². The van der Waals surface area contributed by atoms with Gasteiger partial charge in [0.1, 0.15) is 0 Å². The van der Waals surface area contributed by atoms with Crippen molar-refractivity contribution < 1.29 is 13.2 Å². The summed E-state index contributed by atoms with van der Waals surface area (Å²) >= 11 is 1.94. The second-order valence-electron chi connectivity index (χ2n) is 25.3. The maximum absolute atomic E-state index is 14.3. The lowest BCUT2D eigenvalue weighted by molar-refractivity contribution is -0.137. The Morgan fingerprint density at radius 3 is 1.51 bits per heavy atom. The topological polar surface area (TPSA) is 9.72 Å². The summed E-state index contributed by atoms with van der Waals surface area (Å²) in [4.78, 5) is 7.10. The monoisotopic (exact) mass is 990 g/mol. The largest absolute Gasteiger partial charge is 0.416 e. The first-order valence-corrected chi connectivity index (χ1v) is 26.8. The molecule has 11 rings (SSSR count). The fraction of sp³-hybridized carbons (Fsp3) is 0.323. The van der Waals surface area contributed by atoms with E-state index in [9.17, 15) is 13.2 Å². The van der Waals surface area contributed by atoms with Gasteiger partial charge in [-0.25, -0.2) is 0 Å². The number of benzene rings is 7. The lowest BCUT2D eigenvalue weighted by Crippen LogP contribution is -2.60. The van der Waals surface area contributed by atoms with Crippen LogP contribution in [-0.2, 0) is 33.3 Å². The van der Waals surface area contributed by atoms with E-state index >= 15 is 0 Å². The van der Waals surface area contributed by atoms with Gasteiger partial charge in [-0.3, -0.25) is 0 Å². The van der Waals surface area contributed by atoms with Crippen LogP contribution in [0.1, 0.15) is 136 Å². The van der Waals surface area contributed by atoms with Crippen molar-refractivity contribution in [3.63, 3.8) is 0 Å². The van der Waals surface area contributed by atoms with Crippen molar-refractivity contribution >= 4 is 95.0 Å². The van der Waals surface area contributed by atoms with Gasteiger partial charge < -0.3 is 14.7 Å². The Hall–Kier alpha value is -6.25. The van der Waals surface area contributed by atoms with E-state index in [1.54, 1.807) is 12.1 Å². The van der Waals surface area contributed by atoms with Crippen LogP contribution in [0.15, 0.2) is 146 Å². The average Bonchev–Trinajstić information content (AvgIpc) is 3.70. The molecule has 0 N–H and O–H groups in total. The Morgan fingerprint density at radius 2 is 0.973 bits per heavy atom. The van der Waals surface area contributed by atoms with E-state index < -0.39 is 11.7 Å². The van der Waals surface area contributed by atoms with E-state index in [4.69, 9.17) is 0 Å². The van der Waals surface area contributed by atoms with E-state index in [1.165, 1.54) is 71.4 Å². The van der Waals surface area contributed by atoms with Crippen molar-refractivity contribution in [3.05, 3.63) is 179 Å². The summed E-state index contributed by atoms with van der Waals surface area (Å²) in [5.74, 6) is 0. The molecule has 73 heavy (non-hydrogen) atoms. The van der Waals surface area contributed by atoms with Crippen molar-refractivity contribution in [2.24, 2.45) is 0 Å². The lowest BCUT2D eigenvalue weighted by Gasteiger charge is -2.44. The summed E-state index contributed by atoms with van der Waals surface area (Å²) in [5, 5.41) is 1.25. The van der Waals surface area contributed by atoms with Gasteiger partial charge in [-0.05, 0) is 170 Å². The summed E-state index contributed by atoms with van der Waals surface area (Å²) in [6.07, 6.45) is -2.24. The van der Waals surface area contributed by atoms with Crippen LogP contribution in [0.5, 0.6) is 0 Å². The predicted molar refractivity (Wildman–Crippen MR) is 307 cm³/mol. The third-order valence-corrected chi connectivity index (χ3v) is 17.4. The minimum Gasteiger partial charge on any atom is -0.311 e. The molecule has 0 unspecified atom stereocenters. The number of nitrogens with zero attached hydrogens (tertiary/aromatic N) is 3. The third kappa shape index (κ3) is 8.27. The summed E-state index contributed by atoms with van der Waals surface area (Å²) < 4.78 is 45.4. The molecule has 0 atom stereocenters. The molecule has 3 nitrogen and oxygen atoms in total. The molecule has 8 heteroatoms. The molecular weight excluding hydrogens is 923 g/mol. The van der Waals surface area contributed by atoms with E-state index in [0.29, 0.717) is 5.69 Å². The number of thiophene rings is 1. The SMILES string of the molecule is CC(C)(C)c1ccc(N2c3ccc(C(C)(C)C)cc3B3c4sc5cc6c(cc5c4N(c4ccc(C(C)(C)C)cc4)c4cc(N(c5ccccc5)c5ccc(C(F)(F)F)cc5)cc2c43)C(C)(C)CCC6(C)C)cc1. The van der Waals surface area contributed by atoms with E-state index in [2.05, 4.69) is 196 Å². The molecule has 1 aromatic heterocycles. The molecule has 8 aromatic rings. The molecule has 3 aliphatic rings. The number of hydrogen-bond donors (Lipinski definition) is 0. The number of rotatable bonds is 5. The fourth-order valence-corrected chi connectivity index (χ4v) is 13.1. The highest BCUT2D eigenvalue weighted by Gasteiger charge is 2.47. The van der Waals surface area contributed by atoms with Gasteiger partial charge in [0.05, 0.1) is 16.9 Å². The summed E-state index contributed by atoms with van der Waals surface area (Å²) in [6.45, 7) is 29.9. The number of hydrogen-bond acceptors (Lipinski definition) is 4. The first kappa shape index (κ1) is 49.0. The third-order valence-electron chi connectivity index (χ3n) is 16.2. The highest BCUT2D eigenvalue weighted by Crippen LogP contribution is 2.54. The number of alkyl halides is 3. The molecule has 0 bridgehead atoms. The molecule has 1 aliphatic carbocycles. The lowest BCUT2D eigenvalue weighted by atomic mass is 9.36. The zero-order chi connectivity index (χ0) is 51.9. The van der Waals surface area contributed by atoms with Gasteiger partial charge in [0.2, 0.25) is 0 Å². The van der Waals surface area contributed by atoms with Crippen LogP contribution in [0.25, 0.3) is 10.1 Å². The summed E-state index contributed by atoms with van der Waals surface area (Å²) in [5.41, 5.74) is 17.0. The van der Waals surface area contributed by atoms with Gasteiger partial charge in [-0.15, -0.1) is 11.3 Å². The smallest absolute Gasteiger partial charge is 0.311 e. The Kier molecular flexibility index (Phi) is 11.2. The summed E-state index contributed by atoms with van der Waals surface area (Å²) in [6, 6.07) is 50.7. The molecule has 0 amide bonds. The first-order valence-electron chi connectivity index (χ1n) is 26.0. The predicted octanol–water partition coefficient (Wildman–Crippen LogP) is 17.7. The maximum Gasteiger partial charge on any atom is 0.416 e. The molecule has 3 heterocycles. The fourth-order valence-electron chi connectivity index (χ4n) is 11.7. The van der Waals surface area contributed by atoms with Crippen molar-refractivity contribution in [2.45, 2.75) is 136 Å². The molecule has 0 saturated heterocycles.